The van der Waals surface area contributed by atoms with Crippen LogP contribution in [0.25, 0.3) is 6.08 Å². The summed E-state index contributed by atoms with van der Waals surface area (Å²) < 4.78 is 0. The first kappa shape index (κ1) is 20.6. The highest BCUT2D eigenvalue weighted by molar-refractivity contribution is 6.02. The molecule has 2 aromatic rings. The van der Waals surface area contributed by atoms with Crippen LogP contribution >= 0.6 is 0 Å². The van der Waals surface area contributed by atoms with Crippen molar-refractivity contribution < 1.29 is 9.59 Å². The van der Waals surface area contributed by atoms with Gasteiger partial charge in [-0.2, -0.15) is 0 Å². The molecular formula is C24H29N3O2. The van der Waals surface area contributed by atoms with Crippen LogP contribution in [-0.4, -0.2) is 30.4 Å². The number of anilines is 2. The Morgan fingerprint density at radius 3 is 2.28 bits per heavy atom. The van der Waals surface area contributed by atoms with Crippen molar-refractivity contribution in [2.24, 2.45) is 0 Å². The minimum atomic E-state index is -0.190. The fourth-order valence-electron chi connectivity index (χ4n) is 3.18. The highest BCUT2D eigenvalue weighted by Crippen LogP contribution is 2.20. The van der Waals surface area contributed by atoms with Crippen molar-refractivity contribution in [3.05, 3.63) is 65.7 Å². The van der Waals surface area contributed by atoms with E-state index in [1.807, 2.05) is 36.4 Å². The number of carbonyl (C=O) groups excluding carboxylic acids is 2. The molecule has 29 heavy (non-hydrogen) atoms. The lowest BCUT2D eigenvalue weighted by Gasteiger charge is -2.27. The lowest BCUT2D eigenvalue weighted by molar-refractivity contribution is -0.111. The van der Waals surface area contributed by atoms with Crippen molar-refractivity contribution in [2.75, 3.05) is 16.8 Å². The second kappa shape index (κ2) is 9.41. The van der Waals surface area contributed by atoms with Gasteiger partial charge in [-0.05, 0) is 81.7 Å². The maximum atomic E-state index is 12.2. The van der Waals surface area contributed by atoms with E-state index in [0.29, 0.717) is 17.6 Å². The molecule has 0 saturated heterocycles. The molecule has 2 aromatic carbocycles. The van der Waals surface area contributed by atoms with E-state index < -0.39 is 0 Å². The predicted octanol–water partition coefficient (Wildman–Crippen LogP) is 4.47. The molecule has 0 radical (unpaired) electrons. The van der Waals surface area contributed by atoms with E-state index in [9.17, 15) is 9.59 Å². The molecule has 0 unspecified atom stereocenters. The summed E-state index contributed by atoms with van der Waals surface area (Å²) >= 11 is 0. The van der Waals surface area contributed by atoms with Gasteiger partial charge in [-0.15, -0.1) is 0 Å². The third-order valence-electron chi connectivity index (χ3n) is 4.94. The number of hydrogen-bond donors (Lipinski definition) is 2. The summed E-state index contributed by atoms with van der Waals surface area (Å²) in [6, 6.07) is 15.9. The van der Waals surface area contributed by atoms with Crippen molar-refractivity contribution in [3.63, 3.8) is 0 Å². The van der Waals surface area contributed by atoms with Crippen LogP contribution in [0.15, 0.2) is 54.6 Å². The van der Waals surface area contributed by atoms with Gasteiger partial charge >= 0.3 is 0 Å². The van der Waals surface area contributed by atoms with Gasteiger partial charge in [0.25, 0.3) is 5.91 Å². The lowest BCUT2D eigenvalue weighted by Crippen LogP contribution is -2.30. The Balaban J connectivity index is 1.54. The van der Waals surface area contributed by atoms with E-state index in [1.54, 1.807) is 18.2 Å². The number of benzene rings is 2. The van der Waals surface area contributed by atoms with E-state index >= 15 is 0 Å². The summed E-state index contributed by atoms with van der Waals surface area (Å²) in [5, 5.41) is 5.84. The fourth-order valence-corrected chi connectivity index (χ4v) is 3.18. The predicted molar refractivity (Wildman–Crippen MR) is 119 cm³/mol. The summed E-state index contributed by atoms with van der Waals surface area (Å²) in [5.74, 6) is -0.229. The number of nitrogens with zero attached hydrogens (tertiary/aromatic N) is 1. The summed E-state index contributed by atoms with van der Waals surface area (Å²) in [6.07, 6.45) is 5.38. The summed E-state index contributed by atoms with van der Waals surface area (Å²) in [4.78, 5) is 26.5. The van der Waals surface area contributed by atoms with Crippen LogP contribution in [0.4, 0.5) is 11.4 Å². The topological polar surface area (TPSA) is 61.4 Å². The first-order valence-electron chi connectivity index (χ1n) is 10.2. The van der Waals surface area contributed by atoms with Crippen molar-refractivity contribution in [1.29, 1.82) is 0 Å². The van der Waals surface area contributed by atoms with Gasteiger partial charge in [0.15, 0.2) is 0 Å². The number of hydrogen-bond acceptors (Lipinski definition) is 3. The van der Waals surface area contributed by atoms with Crippen LogP contribution in [0.3, 0.4) is 0 Å². The van der Waals surface area contributed by atoms with Gasteiger partial charge < -0.3 is 15.5 Å². The normalized spacial score (nSPS) is 13.5. The minimum absolute atomic E-state index is 0.0386. The zero-order chi connectivity index (χ0) is 20.8. The second-order valence-corrected chi connectivity index (χ2v) is 7.62. The zero-order valence-corrected chi connectivity index (χ0v) is 17.3. The molecule has 0 spiro atoms. The smallest absolute Gasteiger partial charge is 0.251 e. The van der Waals surface area contributed by atoms with Crippen molar-refractivity contribution in [2.45, 2.75) is 45.7 Å². The van der Waals surface area contributed by atoms with Crippen LogP contribution in [0.5, 0.6) is 0 Å². The molecule has 2 N–H and O–H groups in total. The Morgan fingerprint density at radius 2 is 1.72 bits per heavy atom. The Bertz CT molecular complexity index is 866. The molecular weight excluding hydrogens is 362 g/mol. The Hall–Kier alpha value is -3.08. The molecule has 0 aliphatic heterocycles. The van der Waals surface area contributed by atoms with Crippen molar-refractivity contribution >= 4 is 29.3 Å². The average molecular weight is 392 g/mol. The molecule has 0 heterocycles. The molecule has 1 aliphatic carbocycles. The first-order chi connectivity index (χ1) is 14.0. The monoisotopic (exact) mass is 391 g/mol. The first-order valence-corrected chi connectivity index (χ1v) is 10.2. The van der Waals surface area contributed by atoms with Crippen LogP contribution in [-0.2, 0) is 4.79 Å². The molecule has 1 fully saturated rings. The molecule has 2 amide bonds. The average Bonchev–Trinajstić information content (AvgIpc) is 3.52. The largest absolute Gasteiger partial charge is 0.369 e. The van der Waals surface area contributed by atoms with E-state index in [2.05, 4.69) is 36.3 Å². The highest BCUT2D eigenvalue weighted by atomic mass is 16.2. The van der Waals surface area contributed by atoms with Gasteiger partial charge in [-0.25, -0.2) is 0 Å². The summed E-state index contributed by atoms with van der Waals surface area (Å²) in [5.41, 5.74) is 3.41. The minimum Gasteiger partial charge on any atom is -0.369 e. The summed E-state index contributed by atoms with van der Waals surface area (Å²) in [7, 11) is 0. The van der Waals surface area contributed by atoms with E-state index in [-0.39, 0.29) is 11.8 Å². The van der Waals surface area contributed by atoms with Crippen LogP contribution in [0, 0.1) is 0 Å². The maximum absolute atomic E-state index is 12.2. The molecule has 1 aliphatic rings. The fraction of sp³-hybridized carbons (Fsp3) is 0.333. The zero-order valence-electron chi connectivity index (χ0n) is 17.3. The Kier molecular flexibility index (Phi) is 6.70. The number of nitrogens with one attached hydrogen (secondary N) is 2. The summed E-state index contributed by atoms with van der Waals surface area (Å²) in [6.45, 7) is 7.39. The van der Waals surface area contributed by atoms with E-state index in [1.165, 1.54) is 6.08 Å². The van der Waals surface area contributed by atoms with Crippen LogP contribution < -0.4 is 15.5 Å². The highest BCUT2D eigenvalue weighted by Gasteiger charge is 2.23. The Labute approximate surface area is 172 Å². The SMILES string of the molecule is CCN(c1ccc(NC(=O)C=Cc2ccc(C(=O)NC3CC3)cc2)cc1)C(C)C. The van der Waals surface area contributed by atoms with Gasteiger partial charge in [-0.1, -0.05) is 12.1 Å². The van der Waals surface area contributed by atoms with Crippen LogP contribution in [0.2, 0.25) is 0 Å². The third-order valence-corrected chi connectivity index (χ3v) is 4.94. The molecule has 0 bridgehead atoms. The molecule has 0 atom stereocenters. The molecule has 1 saturated carbocycles. The molecule has 5 nitrogen and oxygen atoms in total. The van der Waals surface area contributed by atoms with E-state index in [4.69, 9.17) is 0 Å². The molecule has 0 aromatic heterocycles. The number of amides is 2. The van der Waals surface area contributed by atoms with Gasteiger partial charge in [0, 0.05) is 41.6 Å². The Morgan fingerprint density at radius 1 is 1.07 bits per heavy atom. The lowest BCUT2D eigenvalue weighted by atomic mass is 10.1. The molecule has 152 valence electrons. The van der Waals surface area contributed by atoms with Gasteiger partial charge in [-0.3, -0.25) is 9.59 Å². The van der Waals surface area contributed by atoms with Gasteiger partial charge in [0.1, 0.15) is 0 Å². The number of rotatable bonds is 8. The van der Waals surface area contributed by atoms with Gasteiger partial charge in [0.05, 0.1) is 0 Å². The third kappa shape index (κ3) is 5.95. The van der Waals surface area contributed by atoms with Crippen LogP contribution in [0.1, 0.15) is 49.5 Å². The molecule has 3 rings (SSSR count). The van der Waals surface area contributed by atoms with Crippen molar-refractivity contribution in [1.82, 2.24) is 5.32 Å². The maximum Gasteiger partial charge on any atom is 0.251 e. The molecule has 5 heteroatoms. The standard InChI is InChI=1S/C24H29N3O2/c1-4-27(17(2)3)22-14-12-20(13-15-22)25-23(28)16-7-18-5-8-19(9-6-18)24(29)26-21-10-11-21/h5-9,12-17,21H,4,10-11H2,1-3H3,(H,25,28)(H,26,29). The number of carbonyl (C=O) groups is 2. The quantitative estimate of drug-likeness (QED) is 0.653. The van der Waals surface area contributed by atoms with E-state index in [0.717, 1.165) is 36.3 Å². The van der Waals surface area contributed by atoms with Crippen molar-refractivity contribution in [3.8, 4) is 0 Å². The second-order valence-electron chi connectivity index (χ2n) is 7.62. The van der Waals surface area contributed by atoms with Gasteiger partial charge in [0.2, 0.25) is 5.91 Å².